The van der Waals surface area contributed by atoms with Gasteiger partial charge in [0.25, 0.3) is 0 Å². The summed E-state index contributed by atoms with van der Waals surface area (Å²) in [6.07, 6.45) is 3.09. The van der Waals surface area contributed by atoms with E-state index < -0.39 is 5.92 Å². The Hall–Kier alpha value is -0.950. The van der Waals surface area contributed by atoms with Crippen LogP contribution in [0.2, 0.25) is 0 Å². The lowest BCUT2D eigenvalue weighted by Gasteiger charge is -2.47. The Morgan fingerprint density at radius 1 is 1.37 bits per heavy atom. The summed E-state index contributed by atoms with van der Waals surface area (Å²) < 4.78 is 12.9. The number of carbonyl (C=O) groups is 1. The fraction of sp³-hybridized carbons (Fsp3) is 0.667. The van der Waals surface area contributed by atoms with Gasteiger partial charge in [0.05, 0.1) is 26.8 Å². The number of likely N-dealkylation sites (N-methyl/N-ethyl adjacent to an activating group) is 1. The number of aliphatic hydroxyl groups excluding tert-OH is 1. The first kappa shape index (κ1) is 22.3. The van der Waals surface area contributed by atoms with Crippen LogP contribution in [0.4, 0.5) is 0 Å². The van der Waals surface area contributed by atoms with Crippen molar-refractivity contribution in [1.82, 2.24) is 0 Å². The summed E-state index contributed by atoms with van der Waals surface area (Å²) in [5.74, 6) is -0.951. The lowest BCUT2D eigenvalue weighted by atomic mass is 9.99. The number of hydrogen-bond donors (Lipinski definition) is 1. The number of quaternary nitrogens is 1. The monoisotopic (exact) mass is 441 g/mol. The van der Waals surface area contributed by atoms with Crippen LogP contribution in [-0.2, 0) is 14.3 Å². The quantitative estimate of drug-likeness (QED) is 0.457. The number of morpholine rings is 1. The van der Waals surface area contributed by atoms with Gasteiger partial charge in [-0.25, -0.2) is 0 Å². The highest BCUT2D eigenvalue weighted by Crippen LogP contribution is 2.41. The van der Waals surface area contributed by atoms with E-state index in [0.717, 1.165) is 36.0 Å². The highest BCUT2D eigenvalue weighted by molar-refractivity contribution is 5.78. The smallest absolute Gasteiger partial charge is 0.316 e. The minimum atomic E-state index is -0.623. The Labute approximate surface area is 173 Å². The minimum Gasteiger partial charge on any atom is -1.00 e. The number of ether oxygens (including phenoxy) is 2. The first-order chi connectivity index (χ1) is 12.5. The van der Waals surface area contributed by atoms with Gasteiger partial charge < -0.3 is 36.0 Å². The fourth-order valence-corrected chi connectivity index (χ4v) is 4.83. The Balaban J connectivity index is 0.00000261. The second-order valence-corrected chi connectivity index (χ2v) is 7.96. The lowest BCUT2D eigenvalue weighted by Crippen LogP contribution is -3.00. The standard InChI is InChI=1S/C21H32NO4.BrH/c1-4-5-11-22(3)17-12-19(20(22)15(2)25-14-17)26-21(24)18(13-23)16-9-7-6-8-10-16;/h6-10,15,17-20,23H,4-5,11-14H2,1-3H3;1H/q+1;/p-1/t15-,17+,18?,19?,20-,22?;/m1./s1. The molecule has 0 spiro atoms. The third-order valence-electron chi connectivity index (χ3n) is 6.36. The molecule has 6 heteroatoms. The summed E-state index contributed by atoms with van der Waals surface area (Å²) in [6, 6.07) is 9.93. The van der Waals surface area contributed by atoms with Gasteiger partial charge in [0, 0.05) is 6.42 Å². The molecule has 27 heavy (non-hydrogen) atoms. The van der Waals surface area contributed by atoms with Crippen molar-refractivity contribution in [3.63, 3.8) is 0 Å². The number of esters is 1. The zero-order valence-corrected chi connectivity index (χ0v) is 18.1. The van der Waals surface area contributed by atoms with Crippen LogP contribution in [0.5, 0.6) is 0 Å². The van der Waals surface area contributed by atoms with E-state index in [-0.39, 0.29) is 47.8 Å². The van der Waals surface area contributed by atoms with Gasteiger partial charge in [-0.15, -0.1) is 0 Å². The van der Waals surface area contributed by atoms with Crippen molar-refractivity contribution >= 4 is 5.97 Å². The maximum Gasteiger partial charge on any atom is 0.316 e. The zero-order valence-electron chi connectivity index (χ0n) is 16.5. The number of fused-ring (bicyclic) bond motifs is 2. The van der Waals surface area contributed by atoms with Crippen molar-refractivity contribution in [3.8, 4) is 0 Å². The number of benzene rings is 1. The summed E-state index contributed by atoms with van der Waals surface area (Å²) in [4.78, 5) is 12.8. The minimum absolute atomic E-state index is 0. The molecule has 2 fully saturated rings. The highest BCUT2D eigenvalue weighted by Gasteiger charge is 2.59. The summed E-state index contributed by atoms with van der Waals surface area (Å²) in [6.45, 7) is 5.89. The molecule has 0 saturated carbocycles. The van der Waals surface area contributed by atoms with Crippen molar-refractivity contribution in [2.45, 2.75) is 63.3 Å². The van der Waals surface area contributed by atoms with Crippen LogP contribution in [0.3, 0.4) is 0 Å². The van der Waals surface area contributed by atoms with Crippen molar-refractivity contribution in [2.24, 2.45) is 0 Å². The predicted octanol–water partition coefficient (Wildman–Crippen LogP) is -0.515. The van der Waals surface area contributed by atoms with Gasteiger partial charge in [-0.3, -0.25) is 4.79 Å². The maximum atomic E-state index is 12.8. The van der Waals surface area contributed by atoms with E-state index >= 15 is 0 Å². The van der Waals surface area contributed by atoms with Gasteiger partial charge in [-0.2, -0.15) is 0 Å². The topological polar surface area (TPSA) is 55.8 Å². The van der Waals surface area contributed by atoms with Crippen LogP contribution in [0.25, 0.3) is 0 Å². The van der Waals surface area contributed by atoms with Gasteiger partial charge >= 0.3 is 5.97 Å². The molecule has 6 atom stereocenters. The number of aliphatic hydroxyl groups is 1. The molecule has 2 heterocycles. The Morgan fingerprint density at radius 3 is 2.70 bits per heavy atom. The summed E-state index contributed by atoms with van der Waals surface area (Å²) in [5.41, 5.74) is 0.800. The van der Waals surface area contributed by atoms with Crippen LogP contribution < -0.4 is 17.0 Å². The molecule has 3 unspecified atom stereocenters. The summed E-state index contributed by atoms with van der Waals surface area (Å²) >= 11 is 0. The third kappa shape index (κ3) is 4.39. The second-order valence-electron chi connectivity index (χ2n) is 7.96. The normalized spacial score (nSPS) is 33.2. The summed E-state index contributed by atoms with van der Waals surface area (Å²) in [7, 11) is 2.29. The average molecular weight is 442 g/mol. The fourth-order valence-electron chi connectivity index (χ4n) is 4.83. The molecule has 3 rings (SSSR count). The van der Waals surface area contributed by atoms with Gasteiger partial charge in [0.2, 0.25) is 0 Å². The van der Waals surface area contributed by atoms with Crippen LogP contribution in [-0.4, -0.2) is 66.7 Å². The number of carbonyl (C=O) groups excluding carboxylic acids is 1. The Bertz CT molecular complexity index is 613. The average Bonchev–Trinajstić information content (AvgIpc) is 2.78. The predicted molar refractivity (Wildman–Crippen MR) is 99.7 cm³/mol. The van der Waals surface area contributed by atoms with Crippen LogP contribution in [0, 0.1) is 0 Å². The first-order valence-electron chi connectivity index (χ1n) is 9.84. The van der Waals surface area contributed by atoms with E-state index in [2.05, 4.69) is 20.9 Å². The van der Waals surface area contributed by atoms with Gasteiger partial charge in [-0.1, -0.05) is 43.7 Å². The molecule has 2 bridgehead atoms. The molecular formula is C21H32BrNO4. The maximum absolute atomic E-state index is 12.8. The van der Waals surface area contributed by atoms with Crippen LogP contribution in [0.15, 0.2) is 30.3 Å². The molecule has 0 radical (unpaired) electrons. The molecule has 2 saturated heterocycles. The molecule has 152 valence electrons. The molecular weight excluding hydrogens is 410 g/mol. The molecule has 1 N–H and O–H groups in total. The summed E-state index contributed by atoms with van der Waals surface area (Å²) in [5, 5.41) is 9.75. The SMILES string of the molecule is CCCC[N+]1(C)[C@@H]2CO[C@H](C)[C@@H]1C(OC(=O)C(CO)c1ccccc1)C2.[Br-]. The van der Waals surface area contributed by atoms with E-state index in [0.29, 0.717) is 6.04 Å². The molecule has 1 aromatic carbocycles. The number of rotatable bonds is 7. The van der Waals surface area contributed by atoms with Crippen molar-refractivity contribution in [2.75, 3.05) is 26.8 Å². The Kier molecular flexibility index (Phi) is 7.86. The van der Waals surface area contributed by atoms with Crippen molar-refractivity contribution in [1.29, 1.82) is 0 Å². The molecule has 0 amide bonds. The third-order valence-corrected chi connectivity index (χ3v) is 6.36. The second kappa shape index (κ2) is 9.50. The Morgan fingerprint density at radius 2 is 2.07 bits per heavy atom. The van der Waals surface area contributed by atoms with E-state index in [1.165, 1.54) is 6.42 Å². The zero-order chi connectivity index (χ0) is 18.7. The van der Waals surface area contributed by atoms with Crippen LogP contribution in [0.1, 0.15) is 44.6 Å². The molecule has 0 aromatic heterocycles. The van der Waals surface area contributed by atoms with Crippen LogP contribution >= 0.6 is 0 Å². The number of hydrogen-bond acceptors (Lipinski definition) is 4. The highest BCUT2D eigenvalue weighted by atomic mass is 79.9. The van der Waals surface area contributed by atoms with Gasteiger partial charge in [-0.05, 0) is 18.9 Å². The molecule has 5 nitrogen and oxygen atoms in total. The lowest BCUT2D eigenvalue weighted by molar-refractivity contribution is -0.956. The van der Waals surface area contributed by atoms with Gasteiger partial charge in [0.15, 0.2) is 12.1 Å². The van der Waals surface area contributed by atoms with E-state index in [1.54, 1.807) is 0 Å². The van der Waals surface area contributed by atoms with Crippen molar-refractivity contribution in [3.05, 3.63) is 35.9 Å². The molecule has 2 aliphatic rings. The number of nitrogens with zero attached hydrogens (tertiary/aromatic N) is 1. The number of unbranched alkanes of at least 4 members (excludes halogenated alkanes) is 1. The van der Waals surface area contributed by atoms with E-state index in [4.69, 9.17) is 9.47 Å². The molecule has 2 aliphatic heterocycles. The largest absolute Gasteiger partial charge is 1.00 e. The van der Waals surface area contributed by atoms with Crippen molar-refractivity contribution < 1.29 is 40.8 Å². The first-order valence-corrected chi connectivity index (χ1v) is 9.84. The van der Waals surface area contributed by atoms with E-state index in [1.807, 2.05) is 30.3 Å². The molecule has 0 aliphatic carbocycles. The van der Waals surface area contributed by atoms with E-state index in [9.17, 15) is 9.90 Å². The molecule has 1 aromatic rings. The number of halogens is 1. The van der Waals surface area contributed by atoms with Gasteiger partial charge in [0.1, 0.15) is 18.1 Å².